The lowest BCUT2D eigenvalue weighted by Gasteiger charge is -2.27. The average molecular weight is 344 g/mol. The molecule has 0 atom stereocenters. The lowest BCUT2D eigenvalue weighted by atomic mass is 10.0. The molecular weight excluding hydrogens is 326 g/mol. The Balaban J connectivity index is 1.81. The first-order valence-corrected chi connectivity index (χ1v) is 9.13. The Morgan fingerprint density at radius 1 is 0.556 bits per heavy atom. The van der Waals surface area contributed by atoms with Gasteiger partial charge in [0.1, 0.15) is 0 Å². The van der Waals surface area contributed by atoms with Gasteiger partial charge in [0.05, 0.1) is 5.69 Å². The molecule has 0 heterocycles. The summed E-state index contributed by atoms with van der Waals surface area (Å²) in [4.78, 5) is 2.32. The molecule has 27 heavy (non-hydrogen) atoms. The third kappa shape index (κ3) is 2.84. The van der Waals surface area contributed by atoms with E-state index >= 15 is 0 Å². The molecule has 0 saturated heterocycles. The summed E-state index contributed by atoms with van der Waals surface area (Å²) >= 11 is 0. The number of nitrogens with zero attached hydrogens (tertiary/aromatic N) is 1. The number of hydrogen-bond acceptors (Lipinski definition) is 1. The van der Waals surface area contributed by atoms with Crippen LogP contribution in [0, 0.1) is 6.07 Å². The maximum atomic E-state index is 3.34. The van der Waals surface area contributed by atoms with Crippen LogP contribution < -0.4 is 4.90 Å². The van der Waals surface area contributed by atoms with Crippen molar-refractivity contribution >= 4 is 38.6 Å². The van der Waals surface area contributed by atoms with Crippen LogP contribution in [0.5, 0.6) is 0 Å². The van der Waals surface area contributed by atoms with E-state index in [0.717, 1.165) is 16.8 Å². The summed E-state index contributed by atoms with van der Waals surface area (Å²) in [5.41, 5.74) is 3.47. The van der Waals surface area contributed by atoms with Crippen molar-refractivity contribution in [2.24, 2.45) is 0 Å². The van der Waals surface area contributed by atoms with Crippen LogP contribution in [0.4, 0.5) is 17.1 Å². The minimum atomic E-state index is 1.15. The zero-order valence-corrected chi connectivity index (χ0v) is 14.8. The summed E-state index contributed by atoms with van der Waals surface area (Å²) in [5, 5.41) is 4.81. The lowest BCUT2D eigenvalue weighted by molar-refractivity contribution is 1.30. The predicted octanol–water partition coefficient (Wildman–Crippen LogP) is 7.26. The van der Waals surface area contributed by atoms with Gasteiger partial charge in [0, 0.05) is 16.8 Å². The quantitative estimate of drug-likeness (QED) is 0.311. The average Bonchev–Trinajstić information content (AvgIpc) is 2.74. The summed E-state index contributed by atoms with van der Waals surface area (Å²) in [5.74, 6) is 0. The first kappa shape index (κ1) is 15.7. The number of hydrogen-bond donors (Lipinski definition) is 0. The van der Waals surface area contributed by atoms with Crippen molar-refractivity contribution < 1.29 is 0 Å². The fourth-order valence-electron chi connectivity index (χ4n) is 3.65. The van der Waals surface area contributed by atoms with Crippen LogP contribution in [0.2, 0.25) is 0 Å². The molecule has 0 amide bonds. The molecule has 1 nitrogen and oxygen atoms in total. The summed E-state index contributed by atoms with van der Waals surface area (Å²) in [6, 6.07) is 41.6. The molecule has 0 spiro atoms. The van der Waals surface area contributed by atoms with Crippen LogP contribution in [0.25, 0.3) is 21.5 Å². The normalized spacial score (nSPS) is 11.0. The highest BCUT2D eigenvalue weighted by atomic mass is 15.1. The van der Waals surface area contributed by atoms with E-state index in [1.807, 2.05) is 12.1 Å². The molecule has 0 aliphatic carbocycles. The van der Waals surface area contributed by atoms with E-state index in [0.29, 0.717) is 0 Å². The van der Waals surface area contributed by atoms with Crippen molar-refractivity contribution in [3.05, 3.63) is 115 Å². The number of benzene rings is 5. The largest absolute Gasteiger partial charge is 0.310 e. The van der Waals surface area contributed by atoms with Gasteiger partial charge in [0.15, 0.2) is 0 Å². The Kier molecular flexibility index (Phi) is 3.84. The van der Waals surface area contributed by atoms with Gasteiger partial charge in [-0.2, -0.15) is 0 Å². The molecule has 0 unspecified atom stereocenters. The summed E-state index contributed by atoms with van der Waals surface area (Å²) in [7, 11) is 0. The van der Waals surface area contributed by atoms with Crippen molar-refractivity contribution in [3.8, 4) is 0 Å². The van der Waals surface area contributed by atoms with Gasteiger partial charge in [0.2, 0.25) is 0 Å². The first-order valence-electron chi connectivity index (χ1n) is 9.13. The van der Waals surface area contributed by atoms with Crippen LogP contribution in [0.3, 0.4) is 0 Å². The number of fused-ring (bicyclic) bond motifs is 2. The van der Waals surface area contributed by atoms with E-state index in [-0.39, 0.29) is 0 Å². The third-order valence-corrected chi connectivity index (χ3v) is 4.91. The summed E-state index contributed by atoms with van der Waals surface area (Å²) in [6.07, 6.45) is 0. The van der Waals surface area contributed by atoms with Gasteiger partial charge in [-0.05, 0) is 64.7 Å². The fourth-order valence-corrected chi connectivity index (χ4v) is 3.65. The molecule has 5 aromatic rings. The SMILES string of the molecule is [c]1cccc2cc3c(N(c4ccccc4)c4ccccc4)cccc3cc12. The van der Waals surface area contributed by atoms with Crippen LogP contribution in [0.1, 0.15) is 0 Å². The van der Waals surface area contributed by atoms with Crippen molar-refractivity contribution in [2.75, 3.05) is 4.90 Å². The van der Waals surface area contributed by atoms with Gasteiger partial charge in [0.25, 0.3) is 0 Å². The predicted molar refractivity (Wildman–Crippen MR) is 115 cm³/mol. The monoisotopic (exact) mass is 344 g/mol. The Labute approximate surface area is 159 Å². The molecule has 127 valence electrons. The first-order chi connectivity index (χ1) is 13.4. The van der Waals surface area contributed by atoms with Gasteiger partial charge >= 0.3 is 0 Å². The van der Waals surface area contributed by atoms with E-state index in [1.165, 1.54) is 21.8 Å². The van der Waals surface area contributed by atoms with E-state index in [4.69, 9.17) is 0 Å². The third-order valence-electron chi connectivity index (χ3n) is 4.91. The van der Waals surface area contributed by atoms with Crippen LogP contribution in [-0.4, -0.2) is 0 Å². The Hall–Kier alpha value is -3.58. The molecule has 5 rings (SSSR count). The molecule has 0 saturated carbocycles. The maximum absolute atomic E-state index is 3.34. The van der Waals surface area contributed by atoms with Crippen molar-refractivity contribution in [3.63, 3.8) is 0 Å². The highest BCUT2D eigenvalue weighted by Gasteiger charge is 2.14. The molecular formula is C26H18N. The van der Waals surface area contributed by atoms with Gasteiger partial charge in [-0.3, -0.25) is 0 Å². The van der Waals surface area contributed by atoms with Crippen molar-refractivity contribution in [1.82, 2.24) is 0 Å². The number of para-hydroxylation sites is 2. The summed E-state index contributed by atoms with van der Waals surface area (Å²) in [6.45, 7) is 0. The molecule has 0 aliphatic heterocycles. The molecule has 0 aromatic heterocycles. The Bertz CT molecular complexity index is 1170. The molecule has 1 radical (unpaired) electrons. The van der Waals surface area contributed by atoms with Crippen LogP contribution >= 0.6 is 0 Å². The standard InChI is InChI=1S/C26H18N/c1-3-13-23(14-4-1)27(24-15-5-2-6-16-24)26-17-9-12-22-18-20-10-7-8-11-21(20)19-25(22)26/h1-9,11-19H. The van der Waals surface area contributed by atoms with E-state index < -0.39 is 0 Å². The summed E-state index contributed by atoms with van der Waals surface area (Å²) < 4.78 is 0. The Morgan fingerprint density at radius 3 is 1.93 bits per heavy atom. The molecule has 0 aliphatic rings. The molecule has 0 fully saturated rings. The second kappa shape index (κ2) is 6.62. The van der Waals surface area contributed by atoms with E-state index in [1.54, 1.807) is 0 Å². The molecule has 0 bridgehead atoms. The van der Waals surface area contributed by atoms with E-state index in [9.17, 15) is 0 Å². The maximum Gasteiger partial charge on any atom is 0.0540 e. The van der Waals surface area contributed by atoms with E-state index in [2.05, 4.69) is 108 Å². The lowest BCUT2D eigenvalue weighted by Crippen LogP contribution is -2.10. The second-order valence-electron chi connectivity index (χ2n) is 6.61. The van der Waals surface area contributed by atoms with Crippen LogP contribution in [0.15, 0.2) is 109 Å². The Morgan fingerprint density at radius 2 is 1.22 bits per heavy atom. The van der Waals surface area contributed by atoms with Gasteiger partial charge in [-0.15, -0.1) is 0 Å². The highest BCUT2D eigenvalue weighted by Crippen LogP contribution is 2.39. The molecule has 1 heteroatoms. The minimum Gasteiger partial charge on any atom is -0.310 e. The van der Waals surface area contributed by atoms with Crippen LogP contribution in [-0.2, 0) is 0 Å². The fraction of sp³-hybridized carbons (Fsp3) is 0. The molecule has 5 aromatic carbocycles. The van der Waals surface area contributed by atoms with Gasteiger partial charge < -0.3 is 4.90 Å². The minimum absolute atomic E-state index is 1.15. The topological polar surface area (TPSA) is 3.24 Å². The van der Waals surface area contributed by atoms with Gasteiger partial charge in [-0.25, -0.2) is 0 Å². The number of anilines is 3. The molecule has 0 N–H and O–H groups in total. The highest BCUT2D eigenvalue weighted by molar-refractivity contribution is 6.05. The van der Waals surface area contributed by atoms with Crippen molar-refractivity contribution in [1.29, 1.82) is 0 Å². The second-order valence-corrected chi connectivity index (χ2v) is 6.61. The smallest absolute Gasteiger partial charge is 0.0540 e. The van der Waals surface area contributed by atoms with Gasteiger partial charge in [-0.1, -0.05) is 66.7 Å². The zero-order valence-electron chi connectivity index (χ0n) is 14.8. The number of rotatable bonds is 3. The zero-order chi connectivity index (χ0) is 18.1. The van der Waals surface area contributed by atoms with Crippen molar-refractivity contribution in [2.45, 2.75) is 0 Å².